The molecule has 0 radical (unpaired) electrons. The Morgan fingerprint density at radius 2 is 2.00 bits per heavy atom. The Morgan fingerprint density at radius 1 is 1.26 bits per heavy atom. The summed E-state index contributed by atoms with van der Waals surface area (Å²) < 4.78 is 53.1. The first kappa shape index (κ1) is 23.2. The zero-order valence-corrected chi connectivity index (χ0v) is 17.9. The predicted octanol–water partition coefficient (Wildman–Crippen LogP) is -3.18. The number of rotatable bonds is 9. The number of nitrogens with two attached hydrogens (primary N) is 3. The zero-order valence-electron chi connectivity index (χ0n) is 16.3. The first-order valence-corrected chi connectivity index (χ1v) is 12.1. The van der Waals surface area contributed by atoms with Gasteiger partial charge in [0.15, 0.2) is 0 Å². The van der Waals surface area contributed by atoms with Crippen LogP contribution in [0.15, 0.2) is 33.6 Å². The average molecular weight is 474 g/mol. The number of aliphatic hydroxyl groups is 1. The molecule has 1 atom stereocenters. The maximum absolute atomic E-state index is 12.9. The SMILES string of the molecule is NCC1=CCN(c2ccc(S(=O)(=O)NCC(O)CN)c(S(N)(=O)=O)c2-c2nn[nH]n2)C1. The second kappa shape index (κ2) is 8.95. The van der Waals surface area contributed by atoms with E-state index in [4.69, 9.17) is 16.6 Å². The second-order valence-corrected chi connectivity index (χ2v) is 9.99. The molecule has 9 N–H and O–H groups in total. The van der Waals surface area contributed by atoms with Gasteiger partial charge in [-0.1, -0.05) is 6.08 Å². The van der Waals surface area contributed by atoms with Crippen molar-refractivity contribution in [2.75, 3.05) is 37.6 Å². The molecule has 16 heteroatoms. The molecular weight excluding hydrogens is 450 g/mol. The van der Waals surface area contributed by atoms with Crippen LogP contribution in [0.3, 0.4) is 0 Å². The molecule has 1 aromatic carbocycles. The molecular formula is C15H23N9O5S2. The summed E-state index contributed by atoms with van der Waals surface area (Å²) in [5.74, 6) is -0.153. The third kappa shape index (κ3) is 4.90. The van der Waals surface area contributed by atoms with Crippen LogP contribution in [0, 0.1) is 0 Å². The maximum atomic E-state index is 12.9. The van der Waals surface area contributed by atoms with E-state index in [2.05, 4.69) is 25.3 Å². The third-order valence-electron chi connectivity index (χ3n) is 4.62. The van der Waals surface area contributed by atoms with Crippen molar-refractivity contribution >= 4 is 25.7 Å². The zero-order chi connectivity index (χ0) is 22.8. The predicted molar refractivity (Wildman–Crippen MR) is 111 cm³/mol. The first-order valence-electron chi connectivity index (χ1n) is 9.02. The van der Waals surface area contributed by atoms with E-state index in [-0.39, 0.29) is 17.9 Å². The normalized spacial score (nSPS) is 15.9. The van der Waals surface area contributed by atoms with Crippen LogP contribution in [-0.2, 0) is 20.0 Å². The largest absolute Gasteiger partial charge is 0.390 e. The molecule has 0 saturated heterocycles. The standard InChI is InChI=1S/C15H23N9O5S2/c16-5-9-3-4-24(8-9)11-1-2-12(31(28,29)19-7-10(25)6-17)14(30(18,26)27)13(11)15-20-22-23-21-15/h1-3,10,19,25H,4-8,16-17H2,(H2,18,26,27)(H,20,21,22,23). The first-order chi connectivity index (χ1) is 14.6. The van der Waals surface area contributed by atoms with Gasteiger partial charge in [0.05, 0.1) is 11.7 Å². The van der Waals surface area contributed by atoms with E-state index in [0.29, 0.717) is 25.3 Å². The summed E-state index contributed by atoms with van der Waals surface area (Å²) in [7, 11) is -9.00. The van der Waals surface area contributed by atoms with E-state index in [0.717, 1.165) is 11.6 Å². The van der Waals surface area contributed by atoms with E-state index in [1.165, 1.54) is 6.07 Å². The summed E-state index contributed by atoms with van der Waals surface area (Å²) in [6.07, 6.45) is 0.728. The lowest BCUT2D eigenvalue weighted by Crippen LogP contribution is -2.37. The number of primary sulfonamides is 1. The van der Waals surface area contributed by atoms with Crippen LogP contribution in [0.4, 0.5) is 5.69 Å². The average Bonchev–Trinajstić information content (AvgIpc) is 3.42. The quantitative estimate of drug-likeness (QED) is 0.198. The molecule has 170 valence electrons. The van der Waals surface area contributed by atoms with Crippen LogP contribution >= 0.6 is 0 Å². The molecule has 2 aromatic rings. The third-order valence-corrected chi connectivity index (χ3v) is 7.21. The highest BCUT2D eigenvalue weighted by atomic mass is 32.2. The van der Waals surface area contributed by atoms with E-state index in [1.54, 1.807) is 4.90 Å². The summed E-state index contributed by atoms with van der Waals surface area (Å²) >= 11 is 0. The van der Waals surface area contributed by atoms with Crippen molar-refractivity contribution in [1.29, 1.82) is 0 Å². The number of aromatic amines is 1. The Hall–Kier alpha value is -2.47. The van der Waals surface area contributed by atoms with Crippen LogP contribution in [0.1, 0.15) is 0 Å². The van der Waals surface area contributed by atoms with E-state index in [1.807, 2.05) is 6.08 Å². The molecule has 1 aliphatic heterocycles. The molecule has 0 fully saturated rings. The Balaban J connectivity index is 2.22. The van der Waals surface area contributed by atoms with Gasteiger partial charge in [-0.3, -0.25) is 0 Å². The summed E-state index contributed by atoms with van der Waals surface area (Å²) in [5.41, 5.74) is 12.1. The van der Waals surface area contributed by atoms with Gasteiger partial charge >= 0.3 is 0 Å². The fraction of sp³-hybridized carbons (Fsp3) is 0.400. The lowest BCUT2D eigenvalue weighted by molar-refractivity contribution is 0.186. The van der Waals surface area contributed by atoms with Crippen molar-refractivity contribution in [3.8, 4) is 11.4 Å². The Bertz CT molecular complexity index is 1180. The molecule has 1 aromatic heterocycles. The number of hydrogen-bond acceptors (Lipinski definition) is 11. The molecule has 3 rings (SSSR count). The molecule has 0 bridgehead atoms. The summed E-state index contributed by atoms with van der Waals surface area (Å²) in [4.78, 5) is 0.473. The highest BCUT2D eigenvalue weighted by molar-refractivity contribution is 7.92. The van der Waals surface area contributed by atoms with Gasteiger partial charge < -0.3 is 21.5 Å². The van der Waals surface area contributed by atoms with Crippen LogP contribution in [0.2, 0.25) is 0 Å². The van der Waals surface area contributed by atoms with Gasteiger partial charge in [-0.2, -0.15) is 5.21 Å². The fourth-order valence-electron chi connectivity index (χ4n) is 3.11. The summed E-state index contributed by atoms with van der Waals surface area (Å²) in [5, 5.41) is 28.4. The number of anilines is 1. The van der Waals surface area contributed by atoms with E-state index in [9.17, 15) is 21.9 Å². The van der Waals surface area contributed by atoms with Crippen LogP contribution in [-0.4, -0.2) is 81.4 Å². The highest BCUT2D eigenvalue weighted by Crippen LogP contribution is 2.39. The minimum Gasteiger partial charge on any atom is -0.390 e. The minimum absolute atomic E-state index is 0.120. The Kier molecular flexibility index (Phi) is 6.70. The minimum atomic E-state index is -4.58. The number of sulfonamides is 2. The Morgan fingerprint density at radius 3 is 2.55 bits per heavy atom. The molecule has 1 unspecified atom stereocenters. The van der Waals surface area contributed by atoms with Gasteiger partial charge in [0.2, 0.25) is 25.9 Å². The highest BCUT2D eigenvalue weighted by Gasteiger charge is 2.33. The van der Waals surface area contributed by atoms with Crippen LogP contribution < -0.4 is 26.2 Å². The van der Waals surface area contributed by atoms with Gasteiger partial charge in [-0.15, -0.1) is 10.2 Å². The maximum Gasteiger partial charge on any atom is 0.242 e. The lowest BCUT2D eigenvalue weighted by atomic mass is 10.1. The molecule has 14 nitrogen and oxygen atoms in total. The second-order valence-electron chi connectivity index (χ2n) is 6.76. The smallest absolute Gasteiger partial charge is 0.242 e. The number of aromatic nitrogens is 4. The summed E-state index contributed by atoms with van der Waals surface area (Å²) in [6, 6.07) is 2.55. The number of benzene rings is 1. The molecule has 0 aliphatic carbocycles. The Labute approximate surface area is 178 Å². The van der Waals surface area contributed by atoms with Crippen LogP contribution in [0.5, 0.6) is 0 Å². The number of nitrogens with zero attached hydrogens (tertiary/aromatic N) is 4. The van der Waals surface area contributed by atoms with Crippen molar-refractivity contribution in [1.82, 2.24) is 25.3 Å². The van der Waals surface area contributed by atoms with Gasteiger partial charge in [0, 0.05) is 38.4 Å². The molecule has 0 spiro atoms. The molecule has 2 heterocycles. The number of aliphatic hydroxyl groups excluding tert-OH is 1. The lowest BCUT2D eigenvalue weighted by Gasteiger charge is -2.24. The van der Waals surface area contributed by atoms with E-state index >= 15 is 0 Å². The van der Waals surface area contributed by atoms with Crippen molar-refractivity contribution in [3.05, 3.63) is 23.8 Å². The van der Waals surface area contributed by atoms with Crippen molar-refractivity contribution in [3.63, 3.8) is 0 Å². The number of H-pyrrole nitrogens is 1. The van der Waals surface area contributed by atoms with Crippen molar-refractivity contribution in [2.45, 2.75) is 15.9 Å². The van der Waals surface area contributed by atoms with Gasteiger partial charge in [-0.25, -0.2) is 26.7 Å². The van der Waals surface area contributed by atoms with Gasteiger partial charge in [0.25, 0.3) is 0 Å². The van der Waals surface area contributed by atoms with Crippen LogP contribution in [0.25, 0.3) is 11.4 Å². The molecule has 31 heavy (non-hydrogen) atoms. The monoisotopic (exact) mass is 473 g/mol. The van der Waals surface area contributed by atoms with Crippen molar-refractivity contribution < 1.29 is 21.9 Å². The van der Waals surface area contributed by atoms with Gasteiger partial charge in [-0.05, 0) is 22.9 Å². The topological polar surface area (TPSA) is 236 Å². The molecule has 0 amide bonds. The number of nitrogens with one attached hydrogen (secondary N) is 2. The van der Waals surface area contributed by atoms with Gasteiger partial charge in [0.1, 0.15) is 9.79 Å². The van der Waals surface area contributed by atoms with E-state index < -0.39 is 42.5 Å². The van der Waals surface area contributed by atoms with Crippen molar-refractivity contribution in [2.24, 2.45) is 16.6 Å². The number of tetrazole rings is 1. The fourth-order valence-corrected chi connectivity index (χ4v) is 5.77. The number of hydrogen-bond donors (Lipinski definition) is 6. The molecule has 1 aliphatic rings. The summed E-state index contributed by atoms with van der Waals surface area (Å²) in [6.45, 7) is 0.518. The molecule has 0 saturated carbocycles.